The Morgan fingerprint density at radius 2 is 1.60 bits per heavy atom. The first-order valence-corrected chi connectivity index (χ1v) is 7.46. The highest BCUT2D eigenvalue weighted by molar-refractivity contribution is 7.81. The summed E-state index contributed by atoms with van der Waals surface area (Å²) in [5.74, 6) is 0. The Morgan fingerprint density at radius 3 is 2.20 bits per heavy atom. The van der Waals surface area contributed by atoms with Crippen LogP contribution in [0.1, 0.15) is 20.8 Å². The van der Waals surface area contributed by atoms with E-state index in [0.717, 1.165) is 5.69 Å². The van der Waals surface area contributed by atoms with Crippen molar-refractivity contribution < 1.29 is 0 Å². The van der Waals surface area contributed by atoms with Crippen LogP contribution in [0.15, 0.2) is 24.3 Å². The molecule has 0 saturated carbocycles. The number of hydrazine groups is 1. The van der Waals surface area contributed by atoms with Crippen LogP contribution in [0.5, 0.6) is 0 Å². The number of benzene rings is 1. The van der Waals surface area contributed by atoms with Crippen molar-refractivity contribution in [3.8, 4) is 0 Å². The quantitative estimate of drug-likeness (QED) is 0.772. The van der Waals surface area contributed by atoms with Gasteiger partial charge in [-0.25, -0.2) is 10.0 Å². The monoisotopic (exact) mass is 326 g/mol. The predicted octanol–water partition coefficient (Wildman–Crippen LogP) is 2.63. The SMILES string of the molecule is CC1(C)NC(=S)N2N(c3ccc(Cl)cc3)C(=S)NC21C. The number of anilines is 1. The van der Waals surface area contributed by atoms with Crippen molar-refractivity contribution in [1.29, 1.82) is 0 Å². The maximum Gasteiger partial charge on any atom is 0.194 e. The highest BCUT2D eigenvalue weighted by Crippen LogP contribution is 2.39. The average Bonchev–Trinajstić information content (AvgIpc) is 2.70. The first-order chi connectivity index (χ1) is 9.26. The van der Waals surface area contributed by atoms with Gasteiger partial charge in [-0.2, -0.15) is 0 Å². The summed E-state index contributed by atoms with van der Waals surface area (Å²) >= 11 is 16.9. The molecule has 2 saturated heterocycles. The minimum absolute atomic E-state index is 0.241. The first-order valence-electron chi connectivity index (χ1n) is 6.26. The molecule has 2 aliphatic heterocycles. The average molecular weight is 327 g/mol. The standard InChI is InChI=1S/C13H15ClN4S2/c1-12(2)13(3)16-10(19)17(18(13)11(20)15-12)9-6-4-8(14)5-7-9/h4-7H,1-3H3,(H,15,20)(H,16,19). The third kappa shape index (κ3) is 1.71. The number of thiocarbonyl (C=S) groups is 2. The summed E-state index contributed by atoms with van der Waals surface area (Å²) in [5.41, 5.74) is 0.285. The molecule has 2 aliphatic rings. The predicted molar refractivity (Wildman–Crippen MR) is 89.7 cm³/mol. The summed E-state index contributed by atoms with van der Waals surface area (Å²) in [6.07, 6.45) is 0. The van der Waals surface area contributed by atoms with Crippen LogP contribution in [-0.4, -0.2) is 26.4 Å². The highest BCUT2D eigenvalue weighted by atomic mass is 35.5. The van der Waals surface area contributed by atoms with Gasteiger partial charge in [0.05, 0.1) is 11.2 Å². The number of hydrogen-bond donors (Lipinski definition) is 2. The number of nitrogens with zero attached hydrogens (tertiary/aromatic N) is 2. The zero-order chi connectivity index (χ0) is 14.7. The van der Waals surface area contributed by atoms with E-state index in [4.69, 9.17) is 36.0 Å². The minimum atomic E-state index is -0.402. The molecule has 0 aliphatic carbocycles. The van der Waals surface area contributed by atoms with E-state index >= 15 is 0 Å². The molecule has 0 spiro atoms. The largest absolute Gasteiger partial charge is 0.352 e. The van der Waals surface area contributed by atoms with Gasteiger partial charge in [0.15, 0.2) is 15.9 Å². The Kier molecular flexibility index (Phi) is 2.90. The lowest BCUT2D eigenvalue weighted by Gasteiger charge is -2.37. The van der Waals surface area contributed by atoms with E-state index in [-0.39, 0.29) is 5.54 Å². The lowest BCUT2D eigenvalue weighted by molar-refractivity contribution is 0.156. The Bertz CT molecular complexity index is 601. The fourth-order valence-corrected chi connectivity index (χ4v) is 3.61. The van der Waals surface area contributed by atoms with Crippen molar-refractivity contribution in [2.24, 2.45) is 0 Å². The number of nitrogens with one attached hydrogen (secondary N) is 2. The Labute approximate surface area is 134 Å². The minimum Gasteiger partial charge on any atom is -0.352 e. The summed E-state index contributed by atoms with van der Waals surface area (Å²) in [4.78, 5) is 0. The van der Waals surface area contributed by atoms with Crippen LogP contribution >= 0.6 is 36.0 Å². The van der Waals surface area contributed by atoms with Gasteiger partial charge in [-0.3, -0.25) is 0 Å². The molecule has 1 unspecified atom stereocenters. The molecule has 0 bridgehead atoms. The molecule has 3 rings (SSSR count). The van der Waals surface area contributed by atoms with Crippen molar-refractivity contribution in [2.45, 2.75) is 32.0 Å². The van der Waals surface area contributed by atoms with Gasteiger partial charge in [-0.1, -0.05) is 11.6 Å². The van der Waals surface area contributed by atoms with E-state index in [1.165, 1.54) is 0 Å². The van der Waals surface area contributed by atoms with E-state index in [0.29, 0.717) is 15.2 Å². The van der Waals surface area contributed by atoms with Crippen LogP contribution in [0.3, 0.4) is 0 Å². The second kappa shape index (κ2) is 4.19. The molecule has 7 heteroatoms. The van der Waals surface area contributed by atoms with Crippen molar-refractivity contribution in [1.82, 2.24) is 15.6 Å². The molecule has 0 radical (unpaired) electrons. The molecule has 2 heterocycles. The van der Waals surface area contributed by atoms with E-state index < -0.39 is 5.66 Å². The highest BCUT2D eigenvalue weighted by Gasteiger charge is 2.60. The summed E-state index contributed by atoms with van der Waals surface area (Å²) in [6, 6.07) is 7.53. The van der Waals surface area contributed by atoms with Gasteiger partial charge >= 0.3 is 0 Å². The molecule has 20 heavy (non-hydrogen) atoms. The van der Waals surface area contributed by atoms with Gasteiger partial charge in [-0.05, 0) is 69.5 Å². The topological polar surface area (TPSA) is 30.5 Å². The smallest absolute Gasteiger partial charge is 0.194 e. The second-order valence-electron chi connectivity index (χ2n) is 5.66. The Hall–Kier alpha value is -1.11. The molecule has 2 fully saturated rings. The van der Waals surface area contributed by atoms with Gasteiger partial charge in [-0.15, -0.1) is 0 Å². The van der Waals surface area contributed by atoms with Gasteiger partial charge in [0.1, 0.15) is 0 Å². The summed E-state index contributed by atoms with van der Waals surface area (Å²) in [6.45, 7) is 6.28. The molecule has 106 valence electrons. The molecule has 2 N–H and O–H groups in total. The third-order valence-electron chi connectivity index (χ3n) is 4.07. The fraction of sp³-hybridized carbons (Fsp3) is 0.385. The molecular weight excluding hydrogens is 312 g/mol. The maximum atomic E-state index is 5.95. The number of rotatable bonds is 1. The maximum absolute atomic E-state index is 5.95. The van der Waals surface area contributed by atoms with Crippen molar-refractivity contribution in [3.63, 3.8) is 0 Å². The summed E-state index contributed by atoms with van der Waals surface area (Å²) in [7, 11) is 0. The number of halogens is 1. The van der Waals surface area contributed by atoms with Crippen LogP contribution < -0.4 is 15.6 Å². The van der Waals surface area contributed by atoms with Crippen molar-refractivity contribution >= 4 is 51.9 Å². The molecule has 0 aromatic heterocycles. The van der Waals surface area contributed by atoms with Crippen molar-refractivity contribution in [3.05, 3.63) is 29.3 Å². The number of fused-ring (bicyclic) bond motifs is 1. The second-order valence-corrected chi connectivity index (χ2v) is 6.87. The van der Waals surface area contributed by atoms with Crippen LogP contribution in [0.4, 0.5) is 5.69 Å². The molecule has 4 nitrogen and oxygen atoms in total. The lowest BCUT2D eigenvalue weighted by atomic mass is 9.91. The third-order valence-corrected chi connectivity index (χ3v) is 4.87. The Balaban J connectivity index is 2.08. The van der Waals surface area contributed by atoms with Crippen LogP contribution in [0, 0.1) is 0 Å². The molecular formula is C13H15ClN4S2. The zero-order valence-electron chi connectivity index (χ0n) is 11.4. The first kappa shape index (κ1) is 13.9. The van der Waals surface area contributed by atoms with Gasteiger partial charge in [0.2, 0.25) is 0 Å². The van der Waals surface area contributed by atoms with Gasteiger partial charge in [0, 0.05) is 5.02 Å². The van der Waals surface area contributed by atoms with Crippen LogP contribution in [0.25, 0.3) is 0 Å². The fourth-order valence-electron chi connectivity index (χ4n) is 2.58. The molecule has 1 aromatic carbocycles. The molecule has 0 amide bonds. The summed E-state index contributed by atoms with van der Waals surface area (Å²) < 4.78 is 0. The van der Waals surface area contributed by atoms with E-state index in [1.54, 1.807) is 0 Å². The van der Waals surface area contributed by atoms with E-state index in [9.17, 15) is 0 Å². The van der Waals surface area contributed by atoms with Crippen LogP contribution in [-0.2, 0) is 0 Å². The van der Waals surface area contributed by atoms with E-state index in [2.05, 4.69) is 31.4 Å². The normalized spacial score (nSPS) is 27.4. The van der Waals surface area contributed by atoms with Crippen molar-refractivity contribution in [2.75, 3.05) is 5.01 Å². The number of hydrogen-bond acceptors (Lipinski definition) is 2. The Morgan fingerprint density at radius 1 is 1.00 bits per heavy atom. The van der Waals surface area contributed by atoms with E-state index in [1.807, 2.05) is 34.3 Å². The van der Waals surface area contributed by atoms with Crippen LogP contribution in [0.2, 0.25) is 5.02 Å². The van der Waals surface area contributed by atoms with Gasteiger partial charge in [0.25, 0.3) is 0 Å². The molecule has 1 aromatic rings. The zero-order valence-corrected chi connectivity index (χ0v) is 13.8. The van der Waals surface area contributed by atoms with Gasteiger partial charge < -0.3 is 10.6 Å². The summed E-state index contributed by atoms with van der Waals surface area (Å²) in [5, 5.41) is 12.6. The molecule has 1 atom stereocenters. The lowest BCUT2D eigenvalue weighted by Crippen LogP contribution is -2.60.